The second kappa shape index (κ2) is 6.82. The van der Waals surface area contributed by atoms with Crippen LogP contribution in [-0.4, -0.2) is 19.6 Å². The third kappa shape index (κ3) is 3.29. The van der Waals surface area contributed by atoms with Gasteiger partial charge in [0.05, 0.1) is 5.69 Å². The summed E-state index contributed by atoms with van der Waals surface area (Å²) in [6.07, 6.45) is 2.69. The summed E-state index contributed by atoms with van der Waals surface area (Å²) in [5, 5.41) is 6.03. The van der Waals surface area contributed by atoms with Crippen LogP contribution in [0.3, 0.4) is 0 Å². The number of unbranched alkanes of at least 4 members (excludes halogenated alkanes) is 1. The smallest absolute Gasteiger partial charge is 0.277 e. The number of nitrogens with zero attached hydrogens (tertiary/aromatic N) is 3. The Morgan fingerprint density at radius 2 is 2.00 bits per heavy atom. The van der Waals surface area contributed by atoms with Crippen molar-refractivity contribution < 1.29 is 4.39 Å². The Hall–Kier alpha value is -2.70. The number of benzene rings is 1. The van der Waals surface area contributed by atoms with Crippen LogP contribution in [0.1, 0.15) is 36.6 Å². The number of aromatic nitrogens is 4. The molecule has 0 aliphatic rings. The van der Waals surface area contributed by atoms with Gasteiger partial charge in [0.25, 0.3) is 11.3 Å². The first-order valence-corrected chi connectivity index (χ1v) is 8.05. The molecule has 0 amide bonds. The highest BCUT2D eigenvalue weighted by molar-refractivity contribution is 5.39. The van der Waals surface area contributed by atoms with Gasteiger partial charge in [0.2, 0.25) is 5.95 Å². The molecule has 1 aromatic carbocycles. The van der Waals surface area contributed by atoms with E-state index in [9.17, 15) is 9.18 Å². The molecule has 6 nitrogen and oxygen atoms in total. The predicted molar refractivity (Wildman–Crippen MR) is 90.7 cm³/mol. The van der Waals surface area contributed by atoms with Crippen LogP contribution < -0.4 is 10.9 Å². The van der Waals surface area contributed by atoms with Crippen molar-refractivity contribution in [2.45, 2.75) is 39.7 Å². The number of hydrogen-bond acceptors (Lipinski definition) is 4. The Labute approximate surface area is 138 Å². The number of rotatable bonds is 6. The molecule has 0 bridgehead atoms. The summed E-state index contributed by atoms with van der Waals surface area (Å²) in [5.41, 5.74) is 2.26. The van der Waals surface area contributed by atoms with E-state index in [0.717, 1.165) is 29.7 Å². The second-order valence-corrected chi connectivity index (χ2v) is 5.77. The van der Waals surface area contributed by atoms with Crippen molar-refractivity contribution in [2.24, 2.45) is 0 Å². The SMILES string of the molecule is CCCCc1c(C)nc2nc(NCc3ccc(F)cc3)[nH]n2c1=O. The van der Waals surface area contributed by atoms with E-state index in [0.29, 0.717) is 24.7 Å². The van der Waals surface area contributed by atoms with Crippen LogP contribution in [-0.2, 0) is 13.0 Å². The van der Waals surface area contributed by atoms with Gasteiger partial charge in [-0.05, 0) is 37.5 Å². The molecule has 2 heterocycles. The molecular weight excluding hydrogens is 309 g/mol. The number of anilines is 1. The zero-order valence-corrected chi connectivity index (χ0v) is 13.8. The molecule has 0 aliphatic carbocycles. The fourth-order valence-corrected chi connectivity index (χ4v) is 2.56. The summed E-state index contributed by atoms with van der Waals surface area (Å²) in [6.45, 7) is 4.40. The normalized spacial score (nSPS) is 11.1. The summed E-state index contributed by atoms with van der Waals surface area (Å²) < 4.78 is 14.3. The average Bonchev–Trinajstić information content (AvgIpc) is 2.97. The fourth-order valence-electron chi connectivity index (χ4n) is 2.56. The molecule has 0 fully saturated rings. The van der Waals surface area contributed by atoms with Crippen LogP contribution in [0.5, 0.6) is 0 Å². The number of halogens is 1. The molecular formula is C17H20FN5O. The molecule has 0 radical (unpaired) electrons. The maximum Gasteiger partial charge on any atom is 0.277 e. The molecule has 2 aromatic heterocycles. The van der Waals surface area contributed by atoms with Gasteiger partial charge in [0.15, 0.2) is 0 Å². The largest absolute Gasteiger partial charge is 0.351 e. The molecule has 2 N–H and O–H groups in total. The third-order valence-electron chi connectivity index (χ3n) is 3.95. The van der Waals surface area contributed by atoms with Crippen LogP contribution in [0.2, 0.25) is 0 Å². The zero-order chi connectivity index (χ0) is 17.1. The lowest BCUT2D eigenvalue weighted by molar-refractivity contribution is 0.627. The number of fused-ring (bicyclic) bond motifs is 1. The number of aryl methyl sites for hydroxylation is 1. The Balaban J connectivity index is 1.84. The third-order valence-corrected chi connectivity index (χ3v) is 3.95. The number of hydrogen-bond donors (Lipinski definition) is 2. The average molecular weight is 329 g/mol. The summed E-state index contributed by atoms with van der Waals surface area (Å²) in [6, 6.07) is 6.21. The van der Waals surface area contributed by atoms with Crippen molar-refractivity contribution in [1.29, 1.82) is 0 Å². The van der Waals surface area contributed by atoms with Crippen molar-refractivity contribution in [3.8, 4) is 0 Å². The standard InChI is InChI=1S/C17H20FN5O/c1-3-4-5-14-11(2)20-17-21-16(22-23(17)15(14)24)19-10-12-6-8-13(18)9-7-12/h6-9H,3-5,10H2,1-2H3,(H2,19,20,21,22). The Morgan fingerprint density at radius 1 is 1.25 bits per heavy atom. The van der Waals surface area contributed by atoms with E-state index in [2.05, 4.69) is 27.3 Å². The molecule has 0 aliphatic heterocycles. The van der Waals surface area contributed by atoms with Crippen LogP contribution in [0.4, 0.5) is 10.3 Å². The topological polar surface area (TPSA) is 75.1 Å². The summed E-state index contributed by atoms with van der Waals surface area (Å²) in [4.78, 5) is 21.3. The molecule has 0 spiro atoms. The Bertz CT molecular complexity index is 898. The van der Waals surface area contributed by atoms with Crippen LogP contribution in [0.25, 0.3) is 5.78 Å². The molecule has 0 saturated carbocycles. The first kappa shape index (κ1) is 16.2. The summed E-state index contributed by atoms with van der Waals surface area (Å²) in [7, 11) is 0. The summed E-state index contributed by atoms with van der Waals surface area (Å²) >= 11 is 0. The van der Waals surface area contributed by atoms with Gasteiger partial charge < -0.3 is 5.32 Å². The predicted octanol–water partition coefficient (Wildman–Crippen LogP) is 2.82. The highest BCUT2D eigenvalue weighted by atomic mass is 19.1. The molecule has 7 heteroatoms. The van der Waals surface area contributed by atoms with E-state index >= 15 is 0 Å². The van der Waals surface area contributed by atoms with Crippen molar-refractivity contribution in [3.63, 3.8) is 0 Å². The van der Waals surface area contributed by atoms with E-state index in [1.54, 1.807) is 12.1 Å². The second-order valence-electron chi connectivity index (χ2n) is 5.77. The number of nitrogens with one attached hydrogen (secondary N) is 2. The number of H-pyrrole nitrogens is 1. The molecule has 0 saturated heterocycles. The van der Waals surface area contributed by atoms with Crippen molar-refractivity contribution in [3.05, 3.63) is 57.3 Å². The monoisotopic (exact) mass is 329 g/mol. The van der Waals surface area contributed by atoms with Crippen LogP contribution in [0, 0.1) is 12.7 Å². The van der Waals surface area contributed by atoms with E-state index in [-0.39, 0.29) is 11.4 Å². The number of aromatic amines is 1. The van der Waals surface area contributed by atoms with Crippen LogP contribution in [0.15, 0.2) is 29.1 Å². The van der Waals surface area contributed by atoms with Gasteiger partial charge in [-0.1, -0.05) is 25.5 Å². The first-order valence-electron chi connectivity index (χ1n) is 8.05. The lowest BCUT2D eigenvalue weighted by atomic mass is 10.1. The minimum atomic E-state index is -0.270. The van der Waals surface area contributed by atoms with E-state index in [1.807, 2.05) is 6.92 Å². The zero-order valence-electron chi connectivity index (χ0n) is 13.8. The maximum absolute atomic E-state index is 12.9. The summed E-state index contributed by atoms with van der Waals surface area (Å²) in [5.74, 6) is 0.531. The fraction of sp³-hybridized carbons (Fsp3) is 0.353. The Kier molecular flexibility index (Phi) is 4.59. The van der Waals surface area contributed by atoms with E-state index in [1.165, 1.54) is 16.6 Å². The first-order chi connectivity index (χ1) is 11.6. The van der Waals surface area contributed by atoms with Gasteiger partial charge >= 0.3 is 0 Å². The molecule has 0 atom stereocenters. The minimum Gasteiger partial charge on any atom is -0.351 e. The van der Waals surface area contributed by atoms with Crippen molar-refractivity contribution >= 4 is 11.7 Å². The van der Waals surface area contributed by atoms with Crippen molar-refractivity contribution in [1.82, 2.24) is 19.6 Å². The van der Waals surface area contributed by atoms with Crippen molar-refractivity contribution in [2.75, 3.05) is 5.32 Å². The van der Waals surface area contributed by atoms with E-state index < -0.39 is 0 Å². The van der Waals surface area contributed by atoms with Crippen LogP contribution >= 0.6 is 0 Å². The minimum absolute atomic E-state index is 0.103. The lowest BCUT2D eigenvalue weighted by Gasteiger charge is -2.03. The van der Waals surface area contributed by atoms with Gasteiger partial charge in [-0.15, -0.1) is 0 Å². The Morgan fingerprint density at radius 3 is 2.71 bits per heavy atom. The lowest BCUT2D eigenvalue weighted by Crippen LogP contribution is -2.22. The van der Waals surface area contributed by atoms with Gasteiger partial charge in [0.1, 0.15) is 5.82 Å². The highest BCUT2D eigenvalue weighted by Crippen LogP contribution is 2.09. The van der Waals surface area contributed by atoms with Gasteiger partial charge in [0, 0.05) is 12.1 Å². The van der Waals surface area contributed by atoms with Gasteiger partial charge in [-0.3, -0.25) is 9.89 Å². The quantitative estimate of drug-likeness (QED) is 0.729. The molecule has 3 rings (SSSR count). The molecule has 126 valence electrons. The molecule has 0 unspecified atom stereocenters. The maximum atomic E-state index is 12.9. The van der Waals surface area contributed by atoms with Gasteiger partial charge in [-0.2, -0.15) is 9.50 Å². The van der Waals surface area contributed by atoms with E-state index in [4.69, 9.17) is 0 Å². The highest BCUT2D eigenvalue weighted by Gasteiger charge is 2.12. The molecule has 3 aromatic rings. The van der Waals surface area contributed by atoms with Gasteiger partial charge in [-0.25, -0.2) is 9.37 Å². The molecule has 24 heavy (non-hydrogen) atoms.